The van der Waals surface area contributed by atoms with E-state index in [9.17, 15) is 0 Å². The van der Waals surface area contributed by atoms with Crippen LogP contribution in [-0.2, 0) is 6.54 Å². The second kappa shape index (κ2) is 5.71. The van der Waals surface area contributed by atoms with Gasteiger partial charge in [0.2, 0.25) is 5.88 Å². The Labute approximate surface area is 113 Å². The number of ether oxygens (including phenoxy) is 1. The third-order valence-corrected chi connectivity index (χ3v) is 2.92. The number of aromatic nitrogens is 1. The molecule has 4 heteroatoms. The van der Waals surface area contributed by atoms with Crippen LogP contribution in [0, 0.1) is 13.8 Å². The van der Waals surface area contributed by atoms with Crippen molar-refractivity contribution in [2.75, 3.05) is 12.4 Å². The molecule has 1 heterocycles. The Morgan fingerprint density at radius 2 is 2.00 bits per heavy atom. The SMILES string of the molecule is COc1ccc(C)c(Nc2cc(C)cc(CN)c2)n1. The van der Waals surface area contributed by atoms with E-state index in [1.165, 1.54) is 5.56 Å². The third kappa shape index (κ3) is 3.23. The second-order valence-corrected chi connectivity index (χ2v) is 4.56. The van der Waals surface area contributed by atoms with Gasteiger partial charge in [-0.25, -0.2) is 0 Å². The first-order valence-electron chi connectivity index (χ1n) is 6.21. The number of nitrogens with zero attached hydrogens (tertiary/aromatic N) is 1. The Hall–Kier alpha value is -2.07. The number of hydrogen-bond acceptors (Lipinski definition) is 4. The molecule has 0 atom stereocenters. The highest BCUT2D eigenvalue weighted by Gasteiger charge is 2.04. The van der Waals surface area contributed by atoms with Crippen LogP contribution < -0.4 is 15.8 Å². The van der Waals surface area contributed by atoms with E-state index in [4.69, 9.17) is 10.5 Å². The number of anilines is 2. The number of hydrogen-bond donors (Lipinski definition) is 2. The van der Waals surface area contributed by atoms with E-state index < -0.39 is 0 Å². The molecule has 1 aromatic carbocycles. The molecule has 2 aromatic rings. The zero-order valence-corrected chi connectivity index (χ0v) is 11.5. The number of benzene rings is 1. The van der Waals surface area contributed by atoms with Gasteiger partial charge in [0, 0.05) is 18.3 Å². The molecule has 0 radical (unpaired) electrons. The molecule has 0 aliphatic heterocycles. The zero-order chi connectivity index (χ0) is 13.8. The Morgan fingerprint density at radius 3 is 2.68 bits per heavy atom. The summed E-state index contributed by atoms with van der Waals surface area (Å²) in [6.07, 6.45) is 0. The highest BCUT2D eigenvalue weighted by Crippen LogP contribution is 2.23. The molecule has 0 fully saturated rings. The van der Waals surface area contributed by atoms with Crippen molar-refractivity contribution < 1.29 is 4.74 Å². The van der Waals surface area contributed by atoms with E-state index in [-0.39, 0.29) is 0 Å². The Balaban J connectivity index is 2.32. The van der Waals surface area contributed by atoms with Crippen LogP contribution in [-0.4, -0.2) is 12.1 Å². The summed E-state index contributed by atoms with van der Waals surface area (Å²) in [4.78, 5) is 4.41. The molecule has 0 saturated heterocycles. The maximum Gasteiger partial charge on any atom is 0.214 e. The molecule has 0 spiro atoms. The van der Waals surface area contributed by atoms with Crippen LogP contribution in [0.4, 0.5) is 11.5 Å². The molecule has 0 saturated carbocycles. The van der Waals surface area contributed by atoms with Crippen LogP contribution in [0.25, 0.3) is 0 Å². The fourth-order valence-electron chi connectivity index (χ4n) is 1.94. The van der Waals surface area contributed by atoms with Crippen LogP contribution >= 0.6 is 0 Å². The fraction of sp³-hybridized carbons (Fsp3) is 0.267. The van der Waals surface area contributed by atoms with Gasteiger partial charge < -0.3 is 15.8 Å². The van der Waals surface area contributed by atoms with Gasteiger partial charge in [0.25, 0.3) is 0 Å². The Morgan fingerprint density at radius 1 is 1.21 bits per heavy atom. The summed E-state index contributed by atoms with van der Waals surface area (Å²) in [7, 11) is 1.61. The lowest BCUT2D eigenvalue weighted by Crippen LogP contribution is -2.01. The van der Waals surface area contributed by atoms with Crippen LogP contribution in [0.5, 0.6) is 5.88 Å². The topological polar surface area (TPSA) is 60.2 Å². The van der Waals surface area contributed by atoms with Gasteiger partial charge in [-0.1, -0.05) is 12.1 Å². The summed E-state index contributed by atoms with van der Waals surface area (Å²) in [6.45, 7) is 4.59. The molecule has 19 heavy (non-hydrogen) atoms. The van der Waals surface area contributed by atoms with Gasteiger partial charge in [0.1, 0.15) is 5.82 Å². The molecule has 1 aromatic heterocycles. The van der Waals surface area contributed by atoms with Gasteiger partial charge in [-0.15, -0.1) is 0 Å². The van der Waals surface area contributed by atoms with E-state index in [2.05, 4.69) is 29.4 Å². The molecule has 0 aliphatic rings. The fourth-order valence-corrected chi connectivity index (χ4v) is 1.94. The van der Waals surface area contributed by atoms with Crippen LogP contribution in [0.1, 0.15) is 16.7 Å². The van der Waals surface area contributed by atoms with Gasteiger partial charge in [-0.05, 0) is 42.7 Å². The number of aryl methyl sites for hydroxylation is 2. The predicted octanol–water partition coefficient (Wildman–Crippen LogP) is 2.91. The van der Waals surface area contributed by atoms with Crippen molar-refractivity contribution in [2.24, 2.45) is 5.73 Å². The van der Waals surface area contributed by atoms with Crippen molar-refractivity contribution in [3.8, 4) is 5.88 Å². The maximum atomic E-state index is 5.69. The summed E-state index contributed by atoms with van der Waals surface area (Å²) in [5.74, 6) is 1.40. The highest BCUT2D eigenvalue weighted by molar-refractivity contribution is 5.61. The van der Waals surface area contributed by atoms with Crippen molar-refractivity contribution in [2.45, 2.75) is 20.4 Å². The summed E-state index contributed by atoms with van der Waals surface area (Å²) in [5.41, 5.74) is 10.0. The minimum Gasteiger partial charge on any atom is -0.481 e. The van der Waals surface area contributed by atoms with Gasteiger partial charge in [0.05, 0.1) is 7.11 Å². The molecule has 2 rings (SSSR count). The van der Waals surface area contributed by atoms with Crippen molar-refractivity contribution in [3.63, 3.8) is 0 Å². The van der Waals surface area contributed by atoms with Gasteiger partial charge >= 0.3 is 0 Å². The third-order valence-electron chi connectivity index (χ3n) is 2.92. The van der Waals surface area contributed by atoms with Crippen LogP contribution in [0.15, 0.2) is 30.3 Å². The lowest BCUT2D eigenvalue weighted by molar-refractivity contribution is 0.398. The Bertz CT molecular complexity index is 582. The highest BCUT2D eigenvalue weighted by atomic mass is 16.5. The minimum atomic E-state index is 0.529. The molecule has 0 unspecified atom stereocenters. The van der Waals surface area contributed by atoms with Crippen molar-refractivity contribution >= 4 is 11.5 Å². The van der Waals surface area contributed by atoms with Gasteiger partial charge in [-0.2, -0.15) is 4.98 Å². The average Bonchev–Trinajstić information content (AvgIpc) is 2.40. The smallest absolute Gasteiger partial charge is 0.214 e. The molecule has 4 nitrogen and oxygen atoms in total. The first-order chi connectivity index (χ1) is 9.12. The number of nitrogens with two attached hydrogens (primary N) is 1. The standard InChI is InChI=1S/C15H19N3O/c1-10-6-12(9-16)8-13(7-10)17-15-11(2)4-5-14(18-15)19-3/h4-8H,9,16H2,1-3H3,(H,17,18). The van der Waals surface area contributed by atoms with E-state index in [0.29, 0.717) is 12.4 Å². The largest absolute Gasteiger partial charge is 0.481 e. The van der Waals surface area contributed by atoms with Gasteiger partial charge in [-0.3, -0.25) is 0 Å². The minimum absolute atomic E-state index is 0.529. The van der Waals surface area contributed by atoms with E-state index in [0.717, 1.165) is 22.6 Å². The summed E-state index contributed by atoms with van der Waals surface area (Å²) < 4.78 is 5.15. The molecular weight excluding hydrogens is 238 g/mol. The van der Waals surface area contributed by atoms with Crippen molar-refractivity contribution in [1.29, 1.82) is 0 Å². The summed E-state index contributed by atoms with van der Waals surface area (Å²) in [6, 6.07) is 10.0. The molecular formula is C15H19N3O. The summed E-state index contributed by atoms with van der Waals surface area (Å²) >= 11 is 0. The van der Waals surface area contributed by atoms with E-state index in [1.54, 1.807) is 7.11 Å². The lowest BCUT2D eigenvalue weighted by Gasteiger charge is -2.12. The number of nitrogens with one attached hydrogen (secondary N) is 1. The van der Waals surface area contributed by atoms with Gasteiger partial charge in [0.15, 0.2) is 0 Å². The van der Waals surface area contributed by atoms with Crippen LogP contribution in [0.2, 0.25) is 0 Å². The van der Waals surface area contributed by atoms with Crippen LogP contribution in [0.3, 0.4) is 0 Å². The number of methoxy groups -OCH3 is 1. The molecule has 0 amide bonds. The monoisotopic (exact) mass is 257 g/mol. The molecule has 0 bridgehead atoms. The second-order valence-electron chi connectivity index (χ2n) is 4.56. The van der Waals surface area contributed by atoms with Crippen molar-refractivity contribution in [3.05, 3.63) is 47.0 Å². The molecule has 0 aliphatic carbocycles. The van der Waals surface area contributed by atoms with E-state index >= 15 is 0 Å². The average molecular weight is 257 g/mol. The number of pyridine rings is 1. The quantitative estimate of drug-likeness (QED) is 0.884. The first kappa shape index (κ1) is 13.4. The predicted molar refractivity (Wildman–Crippen MR) is 77.9 cm³/mol. The summed E-state index contributed by atoms with van der Waals surface area (Å²) in [5, 5.41) is 3.32. The Kier molecular flexibility index (Phi) is 4.02. The maximum absolute atomic E-state index is 5.69. The number of rotatable bonds is 4. The zero-order valence-electron chi connectivity index (χ0n) is 11.5. The first-order valence-corrected chi connectivity index (χ1v) is 6.21. The van der Waals surface area contributed by atoms with Crippen molar-refractivity contribution in [1.82, 2.24) is 4.98 Å². The molecule has 100 valence electrons. The van der Waals surface area contributed by atoms with E-state index in [1.807, 2.05) is 25.1 Å². The molecule has 3 N–H and O–H groups in total. The lowest BCUT2D eigenvalue weighted by atomic mass is 10.1. The normalized spacial score (nSPS) is 10.3.